The summed E-state index contributed by atoms with van der Waals surface area (Å²) in [6.07, 6.45) is 6.78. The Balaban J connectivity index is 1.86. The van der Waals surface area contributed by atoms with Gasteiger partial charge in [0.2, 0.25) is 0 Å². The van der Waals surface area contributed by atoms with Crippen LogP contribution in [0, 0.1) is 5.92 Å². The van der Waals surface area contributed by atoms with Crippen LogP contribution < -0.4 is 11.1 Å². The number of rotatable bonds is 4. The summed E-state index contributed by atoms with van der Waals surface area (Å²) in [6, 6.07) is 1.63. The first-order valence-corrected chi connectivity index (χ1v) is 5.25. The Hall–Kier alpha value is -1.58. The van der Waals surface area contributed by atoms with Crippen LogP contribution in [0.5, 0.6) is 0 Å². The third kappa shape index (κ3) is 2.68. The Morgan fingerprint density at radius 2 is 2.40 bits per heavy atom. The molecule has 0 saturated heterocycles. The zero-order chi connectivity index (χ0) is 10.7. The molecule has 15 heavy (non-hydrogen) atoms. The number of amides is 1. The van der Waals surface area contributed by atoms with Crippen molar-refractivity contribution in [1.82, 2.24) is 10.3 Å². The molecule has 2 rings (SSSR count). The number of hydrogen-bond acceptors (Lipinski definition) is 3. The number of carbonyl (C=O) groups excluding carboxylic acids is 1. The van der Waals surface area contributed by atoms with Crippen LogP contribution in [-0.2, 0) is 0 Å². The molecule has 4 nitrogen and oxygen atoms in total. The largest absolute Gasteiger partial charge is 0.398 e. The number of aromatic nitrogens is 1. The summed E-state index contributed by atoms with van der Waals surface area (Å²) >= 11 is 0. The number of hydrogen-bond donors (Lipinski definition) is 2. The highest BCUT2D eigenvalue weighted by molar-refractivity contribution is 5.98. The predicted octanol–water partition coefficient (Wildman–Crippen LogP) is 1.19. The minimum atomic E-state index is -0.124. The number of nitrogens with one attached hydrogen (secondary N) is 1. The van der Waals surface area contributed by atoms with E-state index in [1.165, 1.54) is 19.0 Å². The van der Waals surface area contributed by atoms with Crippen molar-refractivity contribution in [3.05, 3.63) is 24.0 Å². The van der Waals surface area contributed by atoms with Crippen LogP contribution in [0.3, 0.4) is 0 Å². The maximum absolute atomic E-state index is 11.6. The molecule has 0 unspecified atom stereocenters. The Bertz CT molecular complexity index is 361. The molecule has 1 heterocycles. The van der Waals surface area contributed by atoms with Gasteiger partial charge in [0.25, 0.3) is 5.91 Å². The van der Waals surface area contributed by atoms with E-state index >= 15 is 0 Å². The van der Waals surface area contributed by atoms with Gasteiger partial charge < -0.3 is 11.1 Å². The van der Waals surface area contributed by atoms with Gasteiger partial charge in [-0.05, 0) is 18.4 Å². The quantitative estimate of drug-likeness (QED) is 0.776. The third-order valence-electron chi connectivity index (χ3n) is 2.63. The van der Waals surface area contributed by atoms with Crippen LogP contribution >= 0.6 is 0 Å². The van der Waals surface area contributed by atoms with Gasteiger partial charge in [0.1, 0.15) is 0 Å². The van der Waals surface area contributed by atoms with Crippen LogP contribution in [-0.4, -0.2) is 17.4 Å². The topological polar surface area (TPSA) is 68.0 Å². The predicted molar refractivity (Wildman–Crippen MR) is 58.3 cm³/mol. The van der Waals surface area contributed by atoms with Crippen LogP contribution in [0.25, 0.3) is 0 Å². The minimum absolute atomic E-state index is 0.124. The summed E-state index contributed by atoms with van der Waals surface area (Å²) in [6.45, 7) is 0.734. The van der Waals surface area contributed by atoms with E-state index in [9.17, 15) is 4.79 Å². The fourth-order valence-electron chi connectivity index (χ4n) is 1.49. The second-order valence-corrected chi connectivity index (χ2v) is 3.95. The van der Waals surface area contributed by atoms with Crippen LogP contribution in [0.1, 0.15) is 29.6 Å². The number of nitrogens with two attached hydrogens (primary N) is 1. The zero-order valence-corrected chi connectivity index (χ0v) is 8.57. The van der Waals surface area contributed by atoms with Crippen molar-refractivity contribution in [2.24, 2.45) is 5.92 Å². The molecule has 0 bridgehead atoms. The molecule has 80 valence electrons. The average Bonchev–Trinajstić information content (AvgIpc) is 3.02. The van der Waals surface area contributed by atoms with Crippen molar-refractivity contribution in [3.63, 3.8) is 0 Å². The Morgan fingerprint density at radius 1 is 1.60 bits per heavy atom. The smallest absolute Gasteiger partial charge is 0.254 e. The zero-order valence-electron chi connectivity index (χ0n) is 8.57. The molecular formula is C11H15N3O. The van der Waals surface area contributed by atoms with Crippen molar-refractivity contribution in [2.75, 3.05) is 12.3 Å². The first kappa shape index (κ1) is 9.96. The summed E-state index contributed by atoms with van der Waals surface area (Å²) < 4.78 is 0. The van der Waals surface area contributed by atoms with E-state index in [1.807, 2.05) is 0 Å². The number of nitrogen functional groups attached to an aromatic ring is 1. The molecule has 4 heteroatoms. The molecule has 0 aromatic carbocycles. The highest BCUT2D eigenvalue weighted by Gasteiger charge is 2.20. The number of pyridine rings is 1. The standard InChI is InChI=1S/C11H15N3O/c12-10-4-5-13-7-9(10)11(15)14-6-3-8-1-2-8/h4-5,7-8H,1-3,6H2,(H2,12,13)(H,14,15). The van der Waals surface area contributed by atoms with Gasteiger partial charge in [-0.25, -0.2) is 0 Å². The number of carbonyl (C=O) groups is 1. The average molecular weight is 205 g/mol. The summed E-state index contributed by atoms with van der Waals surface area (Å²) in [4.78, 5) is 15.5. The van der Waals surface area contributed by atoms with Gasteiger partial charge in [-0.3, -0.25) is 9.78 Å². The van der Waals surface area contributed by atoms with E-state index in [0.717, 1.165) is 18.9 Å². The third-order valence-corrected chi connectivity index (χ3v) is 2.63. The van der Waals surface area contributed by atoms with Crippen LogP contribution in [0.15, 0.2) is 18.5 Å². The molecule has 3 N–H and O–H groups in total. The molecule has 1 aromatic heterocycles. The molecular weight excluding hydrogens is 190 g/mol. The van der Waals surface area contributed by atoms with Gasteiger partial charge in [-0.2, -0.15) is 0 Å². The second-order valence-electron chi connectivity index (χ2n) is 3.95. The summed E-state index contributed by atoms with van der Waals surface area (Å²) in [5, 5.41) is 2.85. The summed E-state index contributed by atoms with van der Waals surface area (Å²) in [7, 11) is 0. The summed E-state index contributed by atoms with van der Waals surface area (Å²) in [5.41, 5.74) is 6.61. The summed E-state index contributed by atoms with van der Waals surface area (Å²) in [5.74, 6) is 0.706. The van der Waals surface area contributed by atoms with E-state index in [-0.39, 0.29) is 5.91 Å². The van der Waals surface area contributed by atoms with Crippen molar-refractivity contribution >= 4 is 11.6 Å². The van der Waals surface area contributed by atoms with Crippen molar-refractivity contribution in [1.29, 1.82) is 0 Å². The Morgan fingerprint density at radius 3 is 3.07 bits per heavy atom. The van der Waals surface area contributed by atoms with Crippen LogP contribution in [0.2, 0.25) is 0 Å². The maximum atomic E-state index is 11.6. The molecule has 0 spiro atoms. The molecule has 1 aliphatic rings. The van der Waals surface area contributed by atoms with E-state index < -0.39 is 0 Å². The molecule has 1 aliphatic carbocycles. The van der Waals surface area contributed by atoms with Gasteiger partial charge in [0.15, 0.2) is 0 Å². The number of anilines is 1. The molecule has 1 amide bonds. The molecule has 0 radical (unpaired) electrons. The van der Waals surface area contributed by atoms with Gasteiger partial charge >= 0.3 is 0 Å². The van der Waals surface area contributed by atoms with Crippen molar-refractivity contribution in [3.8, 4) is 0 Å². The van der Waals surface area contributed by atoms with Gasteiger partial charge in [0, 0.05) is 24.6 Å². The van der Waals surface area contributed by atoms with E-state index in [1.54, 1.807) is 12.3 Å². The lowest BCUT2D eigenvalue weighted by Gasteiger charge is -2.05. The van der Waals surface area contributed by atoms with Crippen molar-refractivity contribution in [2.45, 2.75) is 19.3 Å². The Kier molecular flexibility index (Phi) is 2.85. The molecule has 1 aromatic rings. The van der Waals surface area contributed by atoms with Crippen LogP contribution in [0.4, 0.5) is 5.69 Å². The first-order chi connectivity index (χ1) is 7.27. The van der Waals surface area contributed by atoms with Crippen molar-refractivity contribution < 1.29 is 4.79 Å². The fourth-order valence-corrected chi connectivity index (χ4v) is 1.49. The second kappa shape index (κ2) is 4.29. The number of nitrogens with zero attached hydrogens (tertiary/aromatic N) is 1. The minimum Gasteiger partial charge on any atom is -0.398 e. The molecule has 1 fully saturated rings. The van der Waals surface area contributed by atoms with Gasteiger partial charge in [-0.15, -0.1) is 0 Å². The molecule has 0 aliphatic heterocycles. The monoisotopic (exact) mass is 205 g/mol. The highest BCUT2D eigenvalue weighted by Crippen LogP contribution is 2.31. The fraction of sp³-hybridized carbons (Fsp3) is 0.455. The lowest BCUT2D eigenvalue weighted by atomic mass is 10.2. The van der Waals surface area contributed by atoms with E-state index in [4.69, 9.17) is 5.73 Å². The van der Waals surface area contributed by atoms with Gasteiger partial charge in [-0.1, -0.05) is 12.8 Å². The molecule has 0 atom stereocenters. The molecule has 1 saturated carbocycles. The van der Waals surface area contributed by atoms with E-state index in [0.29, 0.717) is 11.3 Å². The maximum Gasteiger partial charge on any atom is 0.254 e. The lowest BCUT2D eigenvalue weighted by Crippen LogP contribution is -2.25. The van der Waals surface area contributed by atoms with Gasteiger partial charge in [0.05, 0.1) is 5.56 Å². The normalized spacial score (nSPS) is 14.9. The SMILES string of the molecule is Nc1ccncc1C(=O)NCCC1CC1. The van der Waals surface area contributed by atoms with E-state index in [2.05, 4.69) is 10.3 Å². The highest BCUT2D eigenvalue weighted by atomic mass is 16.1. The lowest BCUT2D eigenvalue weighted by molar-refractivity contribution is 0.0953. The first-order valence-electron chi connectivity index (χ1n) is 5.25. The Labute approximate surface area is 88.9 Å².